The molecule has 13 heteroatoms. The summed E-state index contributed by atoms with van der Waals surface area (Å²) in [6, 6.07) is 1.63. The Morgan fingerprint density at radius 1 is 1.26 bits per heavy atom. The lowest BCUT2D eigenvalue weighted by atomic mass is 10.0. The number of ether oxygens (including phenoxy) is 1. The number of carbonyl (C=O) groups excluding carboxylic acids is 2. The van der Waals surface area contributed by atoms with Gasteiger partial charge in [0.25, 0.3) is 5.91 Å². The molecule has 42 heavy (non-hydrogen) atoms. The van der Waals surface area contributed by atoms with Crippen LogP contribution in [0, 0.1) is 0 Å². The van der Waals surface area contributed by atoms with E-state index in [1.807, 2.05) is 13.0 Å². The number of nitrogens with one attached hydrogen (secondary N) is 1. The summed E-state index contributed by atoms with van der Waals surface area (Å²) in [4.78, 5) is 43.3. The number of likely N-dealkylation sites (tertiary alicyclic amines) is 1. The van der Waals surface area contributed by atoms with Crippen LogP contribution >= 0.6 is 11.6 Å². The number of pyridine rings is 1. The first-order valence-corrected chi connectivity index (χ1v) is 14.0. The number of amides is 2. The van der Waals surface area contributed by atoms with Crippen molar-refractivity contribution in [2.24, 2.45) is 4.99 Å². The minimum absolute atomic E-state index is 0.0614. The van der Waals surface area contributed by atoms with E-state index in [9.17, 15) is 14.7 Å². The van der Waals surface area contributed by atoms with Crippen molar-refractivity contribution >= 4 is 41.7 Å². The molecule has 0 saturated carbocycles. The minimum Gasteiger partial charge on any atom is -0.443 e. The van der Waals surface area contributed by atoms with Crippen molar-refractivity contribution in [3.63, 3.8) is 0 Å². The third-order valence-corrected chi connectivity index (χ3v) is 7.22. The second kappa shape index (κ2) is 11.5. The zero-order valence-corrected chi connectivity index (χ0v) is 24.7. The fourth-order valence-electron chi connectivity index (χ4n) is 4.96. The van der Waals surface area contributed by atoms with E-state index in [4.69, 9.17) is 16.3 Å². The highest BCUT2D eigenvalue weighted by atomic mass is 35.5. The molecule has 0 unspecified atom stereocenters. The van der Waals surface area contributed by atoms with Crippen LogP contribution in [0.5, 0.6) is 0 Å². The largest absolute Gasteiger partial charge is 0.443 e. The average molecular weight is 593 g/mol. The van der Waals surface area contributed by atoms with Crippen LogP contribution in [0.1, 0.15) is 56.5 Å². The molecule has 0 aromatic carbocycles. The van der Waals surface area contributed by atoms with Gasteiger partial charge in [-0.2, -0.15) is 5.10 Å². The Kier molecular flexibility index (Phi) is 8.02. The second-order valence-electron chi connectivity index (χ2n) is 11.2. The molecule has 0 atom stereocenters. The Balaban J connectivity index is 1.54. The average Bonchev–Trinajstić information content (AvgIpc) is 3.54. The summed E-state index contributed by atoms with van der Waals surface area (Å²) in [6.45, 7) is 12.3. The number of aromatic nitrogens is 4. The third kappa shape index (κ3) is 6.00. The maximum absolute atomic E-state index is 13.8. The summed E-state index contributed by atoms with van der Waals surface area (Å²) in [5.41, 5.74) is 2.82. The van der Waals surface area contributed by atoms with Gasteiger partial charge in [0.15, 0.2) is 10.8 Å². The van der Waals surface area contributed by atoms with Gasteiger partial charge in [0.1, 0.15) is 11.4 Å². The summed E-state index contributed by atoms with van der Waals surface area (Å²) < 4.78 is 7.06. The number of aliphatic imine (C=N–C) groups is 1. The van der Waals surface area contributed by atoms with E-state index in [1.165, 1.54) is 10.7 Å². The van der Waals surface area contributed by atoms with Gasteiger partial charge in [-0.1, -0.05) is 11.6 Å². The van der Waals surface area contributed by atoms with Crippen LogP contribution in [0.15, 0.2) is 53.3 Å². The van der Waals surface area contributed by atoms with E-state index in [-0.39, 0.29) is 23.4 Å². The van der Waals surface area contributed by atoms with Crippen molar-refractivity contribution in [3.05, 3.63) is 64.6 Å². The van der Waals surface area contributed by atoms with Crippen molar-refractivity contribution in [1.82, 2.24) is 29.4 Å². The van der Waals surface area contributed by atoms with Gasteiger partial charge in [-0.15, -0.1) is 0 Å². The minimum atomic E-state index is -0.797. The topological polar surface area (TPSA) is 138 Å². The number of allylic oxidation sites excluding steroid dienone is 3. The number of aliphatic hydroxyl groups excluding tert-OH is 1. The molecule has 5 heterocycles. The number of halogens is 1. The maximum atomic E-state index is 13.8. The van der Waals surface area contributed by atoms with E-state index in [2.05, 4.69) is 37.0 Å². The summed E-state index contributed by atoms with van der Waals surface area (Å²) in [7, 11) is 0. The van der Waals surface area contributed by atoms with Crippen molar-refractivity contribution in [1.29, 1.82) is 0 Å². The highest BCUT2D eigenvalue weighted by Gasteiger charge is 2.39. The lowest BCUT2D eigenvalue weighted by Crippen LogP contribution is -2.37. The number of rotatable bonds is 6. The third-order valence-electron chi connectivity index (χ3n) is 7.03. The first-order valence-electron chi connectivity index (χ1n) is 13.6. The lowest BCUT2D eigenvalue weighted by Gasteiger charge is -2.31. The monoisotopic (exact) mass is 592 g/mol. The first kappa shape index (κ1) is 29.2. The van der Waals surface area contributed by atoms with Crippen molar-refractivity contribution in [2.45, 2.75) is 58.8 Å². The Bertz CT molecular complexity index is 1620. The number of carbonyl (C=O) groups is 2. The van der Waals surface area contributed by atoms with Crippen molar-refractivity contribution < 1.29 is 19.4 Å². The van der Waals surface area contributed by atoms with E-state index in [0.29, 0.717) is 46.8 Å². The van der Waals surface area contributed by atoms with Gasteiger partial charge in [-0.25, -0.2) is 24.2 Å². The smallest absolute Gasteiger partial charge is 0.417 e. The predicted molar refractivity (Wildman–Crippen MR) is 159 cm³/mol. The first-order chi connectivity index (χ1) is 19.9. The number of hydrogen-bond acceptors (Lipinski definition) is 10. The molecule has 0 bridgehead atoms. The molecule has 3 aromatic rings. The summed E-state index contributed by atoms with van der Waals surface area (Å²) >= 11 is 6.30. The zero-order chi connectivity index (χ0) is 30.2. The number of hydrogen-bond donors (Lipinski definition) is 2. The van der Waals surface area contributed by atoms with Crippen LogP contribution in [0.3, 0.4) is 0 Å². The highest BCUT2D eigenvalue weighted by molar-refractivity contribution is 6.29. The fourth-order valence-corrected chi connectivity index (χ4v) is 5.15. The molecule has 1 fully saturated rings. The quantitative estimate of drug-likeness (QED) is 0.309. The molecule has 2 aliphatic heterocycles. The van der Waals surface area contributed by atoms with Crippen LogP contribution < -0.4 is 5.32 Å². The molecule has 2 aliphatic rings. The van der Waals surface area contributed by atoms with Gasteiger partial charge in [0.2, 0.25) is 0 Å². The molecule has 1 saturated heterocycles. The number of imidazole rings is 1. The van der Waals surface area contributed by atoms with Gasteiger partial charge in [0.05, 0.1) is 35.8 Å². The number of aliphatic hydroxyl groups is 1. The maximum Gasteiger partial charge on any atom is 0.417 e. The van der Waals surface area contributed by atoms with E-state index < -0.39 is 17.6 Å². The van der Waals surface area contributed by atoms with Crippen molar-refractivity contribution in [2.75, 3.05) is 18.4 Å². The zero-order valence-electron chi connectivity index (χ0n) is 24.0. The summed E-state index contributed by atoms with van der Waals surface area (Å²) in [5.74, 6) is -0.152. The SMILES string of the molecule is C=N/C(=C\C=C(/C)N1CCC(O)CC1)Nc1cnc(-c2cc(Cl)nn3ccnc23)c2c1C(=O)N(C(=O)OC(C)(C)C)C2. The van der Waals surface area contributed by atoms with Gasteiger partial charge >= 0.3 is 6.09 Å². The molecule has 2 N–H and O–H groups in total. The molecule has 2 amide bonds. The second-order valence-corrected chi connectivity index (χ2v) is 11.6. The van der Waals surface area contributed by atoms with Gasteiger partial charge in [-0.3, -0.25) is 9.78 Å². The molecule has 3 aromatic heterocycles. The molecule has 12 nitrogen and oxygen atoms in total. The van der Waals surface area contributed by atoms with Crippen molar-refractivity contribution in [3.8, 4) is 11.3 Å². The number of fused-ring (bicyclic) bond motifs is 2. The molecule has 5 rings (SSSR count). The predicted octanol–water partition coefficient (Wildman–Crippen LogP) is 4.65. The molecule has 0 aliphatic carbocycles. The van der Waals surface area contributed by atoms with Gasteiger partial charge in [0, 0.05) is 42.3 Å². The standard InChI is InChI=1S/C29H33ClN8O4/c1-17(36-11-8-18(39)9-12-36)6-7-23(31-5)34-21-15-33-25(19-14-22(30)35-38-13-10-32-26(19)38)20-16-37(27(40)24(20)21)28(41)42-29(2,3)4/h6-7,10,13-15,18,34,39H,5,8-9,11-12,16H2,1-4H3/b17-6+,23-7+. The number of nitrogens with zero attached hydrogens (tertiary/aromatic N) is 7. The molecule has 0 radical (unpaired) electrons. The van der Waals surface area contributed by atoms with E-state index in [0.717, 1.165) is 23.7 Å². The summed E-state index contributed by atoms with van der Waals surface area (Å²) in [6.07, 6.45) is 8.83. The Labute approximate surface area is 248 Å². The number of imide groups is 1. The van der Waals surface area contributed by atoms with E-state index >= 15 is 0 Å². The Morgan fingerprint density at radius 3 is 2.69 bits per heavy atom. The van der Waals surface area contributed by atoms with Crippen LogP contribution in [-0.2, 0) is 11.3 Å². The van der Waals surface area contributed by atoms with Crippen LogP contribution in [0.25, 0.3) is 16.9 Å². The van der Waals surface area contributed by atoms with E-state index in [1.54, 1.807) is 45.3 Å². The summed E-state index contributed by atoms with van der Waals surface area (Å²) in [5, 5.41) is 17.4. The molecule has 0 spiro atoms. The highest BCUT2D eigenvalue weighted by Crippen LogP contribution is 2.38. The molecular formula is C29H33ClN8O4. The Hall–Kier alpha value is -4.29. The fraction of sp³-hybridized carbons (Fsp3) is 0.379. The van der Waals surface area contributed by atoms with Crippen LogP contribution in [0.4, 0.5) is 10.5 Å². The number of anilines is 1. The molecule has 220 valence electrons. The van der Waals surface area contributed by atoms with Gasteiger partial charge in [-0.05, 0) is 65.5 Å². The van der Waals surface area contributed by atoms with Crippen LogP contribution in [-0.4, -0.2) is 78.0 Å². The van der Waals surface area contributed by atoms with Crippen LogP contribution in [0.2, 0.25) is 5.15 Å². The normalized spacial score (nSPS) is 16.7. The lowest BCUT2D eigenvalue weighted by molar-refractivity contribution is 0.0248. The Morgan fingerprint density at radius 2 is 2.00 bits per heavy atom. The van der Waals surface area contributed by atoms with Gasteiger partial charge < -0.3 is 20.1 Å². The molecular weight excluding hydrogens is 560 g/mol. The number of piperidine rings is 1.